The van der Waals surface area contributed by atoms with Crippen molar-refractivity contribution in [1.29, 1.82) is 0 Å². The van der Waals surface area contributed by atoms with E-state index < -0.39 is 40.8 Å². The van der Waals surface area contributed by atoms with E-state index in [1.54, 1.807) is 30.3 Å². The van der Waals surface area contributed by atoms with Crippen molar-refractivity contribution in [3.63, 3.8) is 0 Å². The number of carbonyl (C=O) groups is 3. The molecule has 1 amide bonds. The minimum absolute atomic E-state index is 0.223. The number of nitro benzene ring substituents is 1. The van der Waals surface area contributed by atoms with Gasteiger partial charge >= 0.3 is 5.97 Å². The van der Waals surface area contributed by atoms with Gasteiger partial charge in [-0.05, 0) is 5.56 Å². The molecule has 1 aliphatic heterocycles. The molecule has 9 heteroatoms. The van der Waals surface area contributed by atoms with Gasteiger partial charge < -0.3 is 15.1 Å². The maximum atomic E-state index is 12.7. The van der Waals surface area contributed by atoms with Crippen LogP contribution in [0.2, 0.25) is 0 Å². The van der Waals surface area contributed by atoms with E-state index in [1.165, 1.54) is 24.3 Å². The molecule has 0 spiro atoms. The van der Waals surface area contributed by atoms with Gasteiger partial charge in [-0.3, -0.25) is 24.5 Å². The molecule has 0 aliphatic carbocycles. The maximum absolute atomic E-state index is 12.7. The monoisotopic (exact) mass is 396 g/mol. The van der Waals surface area contributed by atoms with Gasteiger partial charge in [-0.1, -0.05) is 42.5 Å². The molecule has 0 bridgehead atoms. The topological polar surface area (TPSA) is 138 Å². The fourth-order valence-corrected chi connectivity index (χ4v) is 3.23. The van der Waals surface area contributed by atoms with Crippen LogP contribution in [0.4, 0.5) is 5.69 Å². The van der Waals surface area contributed by atoms with Crippen LogP contribution in [0, 0.1) is 10.1 Å². The molecule has 1 aliphatic rings. The molecular formula is C20H16N2O7. The minimum Gasteiger partial charge on any atom is -0.507 e. The Morgan fingerprint density at radius 3 is 2.38 bits per heavy atom. The summed E-state index contributed by atoms with van der Waals surface area (Å²) in [6.07, 6.45) is -0.427. The molecule has 1 heterocycles. The van der Waals surface area contributed by atoms with E-state index in [0.717, 1.165) is 4.90 Å². The highest BCUT2D eigenvalue weighted by Gasteiger charge is 2.46. The molecule has 0 radical (unpaired) electrons. The average molecular weight is 396 g/mol. The first-order valence-electron chi connectivity index (χ1n) is 8.61. The third-order valence-corrected chi connectivity index (χ3v) is 4.55. The number of non-ortho nitro benzene ring substituents is 1. The lowest BCUT2D eigenvalue weighted by Crippen LogP contribution is -2.31. The fraction of sp³-hybridized carbons (Fsp3) is 0.150. The third-order valence-electron chi connectivity index (χ3n) is 4.55. The zero-order valence-corrected chi connectivity index (χ0v) is 15.0. The summed E-state index contributed by atoms with van der Waals surface area (Å²) in [6, 6.07) is 12.3. The van der Waals surface area contributed by atoms with Crippen LogP contribution in [0.15, 0.2) is 60.2 Å². The standard InChI is InChI=1S/C20H16N2O7/c23-15(24)9-10-21-17(13-7-4-8-14(11-13)22(28)29)16(19(26)20(21)27)18(25)12-5-2-1-3-6-12/h1-8,11,17,25H,9-10H2,(H,23,24)/t17-/m1/s1. The Bertz CT molecular complexity index is 1030. The Kier molecular flexibility index (Phi) is 5.40. The number of benzene rings is 2. The minimum atomic E-state index is -1.17. The van der Waals surface area contributed by atoms with E-state index in [-0.39, 0.29) is 23.4 Å². The molecule has 29 heavy (non-hydrogen) atoms. The number of aliphatic carboxylic acids is 1. The lowest BCUT2D eigenvalue weighted by atomic mass is 9.95. The number of aliphatic hydroxyl groups excluding tert-OH is 1. The first-order valence-corrected chi connectivity index (χ1v) is 8.61. The van der Waals surface area contributed by atoms with Crippen LogP contribution < -0.4 is 0 Å². The quantitative estimate of drug-likeness (QED) is 0.251. The van der Waals surface area contributed by atoms with Crippen LogP contribution in [0.5, 0.6) is 0 Å². The van der Waals surface area contributed by atoms with Gasteiger partial charge in [0.25, 0.3) is 17.4 Å². The van der Waals surface area contributed by atoms with Crippen LogP contribution in [0.3, 0.4) is 0 Å². The van der Waals surface area contributed by atoms with E-state index in [9.17, 15) is 29.6 Å². The van der Waals surface area contributed by atoms with Crippen molar-refractivity contribution in [3.8, 4) is 0 Å². The number of carboxylic acids is 1. The van der Waals surface area contributed by atoms with Crippen molar-refractivity contribution in [1.82, 2.24) is 4.90 Å². The molecule has 2 aromatic rings. The summed E-state index contributed by atoms with van der Waals surface area (Å²) in [4.78, 5) is 47.8. The highest BCUT2D eigenvalue weighted by Crippen LogP contribution is 2.40. The van der Waals surface area contributed by atoms with Gasteiger partial charge in [-0.2, -0.15) is 0 Å². The number of nitrogens with zero attached hydrogens (tertiary/aromatic N) is 2. The Morgan fingerprint density at radius 1 is 1.07 bits per heavy atom. The van der Waals surface area contributed by atoms with Gasteiger partial charge in [-0.25, -0.2) is 0 Å². The number of ketones is 1. The normalized spacial score (nSPS) is 18.1. The second kappa shape index (κ2) is 7.93. The summed E-state index contributed by atoms with van der Waals surface area (Å²) in [5.74, 6) is -3.56. The van der Waals surface area contributed by atoms with Gasteiger partial charge in [0.05, 0.1) is 23.0 Å². The van der Waals surface area contributed by atoms with Gasteiger partial charge in [0.15, 0.2) is 0 Å². The Morgan fingerprint density at radius 2 is 1.76 bits per heavy atom. The predicted molar refractivity (Wildman–Crippen MR) is 101 cm³/mol. The summed E-state index contributed by atoms with van der Waals surface area (Å²) in [6.45, 7) is -0.293. The first kappa shape index (κ1) is 19.7. The van der Waals surface area contributed by atoms with E-state index in [1.807, 2.05) is 0 Å². The SMILES string of the molecule is O=C(O)CCN1C(=O)C(=O)C(=C(O)c2ccccc2)[C@H]1c1cccc([N+](=O)[O-])c1. The van der Waals surface area contributed by atoms with Crippen molar-refractivity contribution in [2.75, 3.05) is 6.54 Å². The van der Waals surface area contributed by atoms with Crippen LogP contribution in [0.1, 0.15) is 23.6 Å². The first-order chi connectivity index (χ1) is 13.8. The van der Waals surface area contributed by atoms with Crippen LogP contribution in [-0.4, -0.2) is 44.2 Å². The molecule has 0 saturated carbocycles. The van der Waals surface area contributed by atoms with Gasteiger partial charge in [0.1, 0.15) is 5.76 Å². The fourth-order valence-electron chi connectivity index (χ4n) is 3.23. The molecule has 9 nitrogen and oxygen atoms in total. The van der Waals surface area contributed by atoms with Gasteiger partial charge in [-0.15, -0.1) is 0 Å². The smallest absolute Gasteiger partial charge is 0.305 e. The van der Waals surface area contributed by atoms with Crippen LogP contribution in [-0.2, 0) is 14.4 Å². The highest BCUT2D eigenvalue weighted by atomic mass is 16.6. The third kappa shape index (κ3) is 3.84. The van der Waals surface area contributed by atoms with E-state index in [2.05, 4.69) is 0 Å². The number of hydrogen-bond acceptors (Lipinski definition) is 6. The summed E-state index contributed by atoms with van der Waals surface area (Å²) < 4.78 is 0. The summed E-state index contributed by atoms with van der Waals surface area (Å²) >= 11 is 0. The number of carboxylic acid groups (broad SMARTS) is 1. The van der Waals surface area contributed by atoms with Crippen LogP contribution >= 0.6 is 0 Å². The molecule has 0 aromatic heterocycles. The van der Waals surface area contributed by atoms with Crippen molar-refractivity contribution in [2.24, 2.45) is 0 Å². The largest absolute Gasteiger partial charge is 0.507 e. The number of likely N-dealkylation sites (tertiary alicyclic amines) is 1. The predicted octanol–water partition coefficient (Wildman–Crippen LogP) is 2.49. The van der Waals surface area contributed by atoms with Crippen LogP contribution in [0.25, 0.3) is 5.76 Å². The molecule has 2 aromatic carbocycles. The Labute approximate surface area is 164 Å². The number of rotatable bonds is 6. The number of carbonyl (C=O) groups excluding carboxylic acids is 2. The molecule has 3 rings (SSSR count). The van der Waals surface area contributed by atoms with Crippen molar-refractivity contribution < 1.29 is 29.5 Å². The molecular weight excluding hydrogens is 380 g/mol. The van der Waals surface area contributed by atoms with E-state index >= 15 is 0 Å². The zero-order chi connectivity index (χ0) is 21.1. The number of Topliss-reactive ketones (excluding diaryl/α,β-unsaturated/α-hetero) is 1. The zero-order valence-electron chi connectivity index (χ0n) is 15.0. The Balaban J connectivity index is 2.18. The van der Waals surface area contributed by atoms with Crippen molar-refractivity contribution in [2.45, 2.75) is 12.5 Å². The maximum Gasteiger partial charge on any atom is 0.305 e. The van der Waals surface area contributed by atoms with Gasteiger partial charge in [0.2, 0.25) is 0 Å². The summed E-state index contributed by atoms with van der Waals surface area (Å²) in [7, 11) is 0. The molecule has 148 valence electrons. The highest BCUT2D eigenvalue weighted by molar-refractivity contribution is 6.46. The van der Waals surface area contributed by atoms with E-state index in [4.69, 9.17) is 5.11 Å². The number of hydrogen-bond donors (Lipinski definition) is 2. The van der Waals surface area contributed by atoms with E-state index in [0.29, 0.717) is 5.56 Å². The molecule has 1 fully saturated rings. The molecule has 0 unspecified atom stereocenters. The Hall–Kier alpha value is -4.01. The second-order valence-corrected chi connectivity index (χ2v) is 6.35. The average Bonchev–Trinajstić information content (AvgIpc) is 2.97. The summed E-state index contributed by atoms with van der Waals surface area (Å²) in [5, 5.41) is 30.9. The number of aliphatic hydroxyl groups is 1. The molecule has 1 saturated heterocycles. The van der Waals surface area contributed by atoms with Crippen molar-refractivity contribution in [3.05, 3.63) is 81.4 Å². The van der Waals surface area contributed by atoms with Crippen molar-refractivity contribution >= 4 is 29.1 Å². The molecule has 2 N–H and O–H groups in total. The summed E-state index contributed by atoms with van der Waals surface area (Å²) in [5.41, 5.74) is 0.0126. The number of nitro groups is 1. The molecule has 1 atom stereocenters. The lowest BCUT2D eigenvalue weighted by Gasteiger charge is -2.24. The number of amides is 1. The lowest BCUT2D eigenvalue weighted by molar-refractivity contribution is -0.384. The van der Waals surface area contributed by atoms with Gasteiger partial charge in [0, 0.05) is 24.2 Å². The second-order valence-electron chi connectivity index (χ2n) is 6.35.